The van der Waals surface area contributed by atoms with Gasteiger partial charge in [-0.3, -0.25) is 4.79 Å². The van der Waals surface area contributed by atoms with Gasteiger partial charge in [-0.15, -0.1) is 0 Å². The van der Waals surface area contributed by atoms with Crippen LogP contribution < -0.4 is 4.72 Å². The monoisotopic (exact) mass is 297 g/mol. The molecule has 1 fully saturated rings. The highest BCUT2D eigenvalue weighted by atomic mass is 32.2. The first-order chi connectivity index (χ1) is 9.45. The Morgan fingerprint density at radius 3 is 2.70 bits per heavy atom. The fraction of sp³-hybridized carbons (Fsp3) is 0.500. The number of aryl methyl sites for hydroxylation is 1. The molecule has 0 heterocycles. The number of carbonyl (C=O) groups excluding carboxylic acids is 1. The van der Waals surface area contributed by atoms with E-state index in [1.54, 1.807) is 19.1 Å². The second-order valence-electron chi connectivity index (χ2n) is 5.01. The molecular weight excluding hydrogens is 278 g/mol. The van der Waals surface area contributed by atoms with Gasteiger partial charge in [0.1, 0.15) is 0 Å². The number of methoxy groups -OCH3 is 1. The third-order valence-corrected chi connectivity index (χ3v) is 4.91. The second-order valence-corrected chi connectivity index (χ2v) is 6.74. The Hall–Kier alpha value is -1.24. The zero-order valence-corrected chi connectivity index (χ0v) is 12.5. The molecule has 0 radical (unpaired) electrons. The van der Waals surface area contributed by atoms with Crippen LogP contribution in [-0.2, 0) is 14.8 Å². The Labute approximate surface area is 119 Å². The summed E-state index contributed by atoms with van der Waals surface area (Å²) in [6.07, 6.45) is 1.81. The van der Waals surface area contributed by atoms with Crippen molar-refractivity contribution in [1.29, 1.82) is 0 Å². The van der Waals surface area contributed by atoms with Crippen LogP contribution in [0.4, 0.5) is 0 Å². The number of hydrogen-bond acceptors (Lipinski definition) is 4. The van der Waals surface area contributed by atoms with Crippen LogP contribution >= 0.6 is 0 Å². The van der Waals surface area contributed by atoms with Crippen LogP contribution in [0.1, 0.15) is 28.8 Å². The van der Waals surface area contributed by atoms with E-state index in [9.17, 15) is 13.2 Å². The Morgan fingerprint density at radius 2 is 2.10 bits per heavy atom. The van der Waals surface area contributed by atoms with Crippen molar-refractivity contribution in [3.8, 4) is 0 Å². The van der Waals surface area contributed by atoms with Crippen molar-refractivity contribution in [1.82, 2.24) is 4.72 Å². The summed E-state index contributed by atoms with van der Waals surface area (Å²) in [6, 6.07) is 4.86. The molecule has 0 spiro atoms. The third-order valence-electron chi connectivity index (χ3n) is 3.31. The largest absolute Gasteiger partial charge is 0.383 e. The summed E-state index contributed by atoms with van der Waals surface area (Å²) in [6.45, 7) is 2.23. The van der Waals surface area contributed by atoms with Crippen molar-refractivity contribution in [3.63, 3.8) is 0 Å². The lowest BCUT2D eigenvalue weighted by Gasteiger charge is -2.10. The summed E-state index contributed by atoms with van der Waals surface area (Å²) >= 11 is 0. The van der Waals surface area contributed by atoms with Gasteiger partial charge >= 0.3 is 0 Å². The fourth-order valence-corrected chi connectivity index (χ4v) is 3.26. The molecule has 0 saturated heterocycles. The lowest BCUT2D eigenvalue weighted by atomic mass is 10.1. The van der Waals surface area contributed by atoms with Crippen LogP contribution in [0.2, 0.25) is 0 Å². The molecular formula is C14H19NO4S. The SMILES string of the molecule is COCCNS(=O)(=O)c1cc(C(=O)C2CC2)ccc1C. The molecule has 6 heteroatoms. The van der Waals surface area contributed by atoms with E-state index in [-0.39, 0.29) is 23.1 Å². The van der Waals surface area contributed by atoms with Crippen molar-refractivity contribution < 1.29 is 17.9 Å². The molecule has 0 amide bonds. The van der Waals surface area contributed by atoms with Crippen molar-refractivity contribution in [2.45, 2.75) is 24.7 Å². The number of carbonyl (C=O) groups is 1. The average Bonchev–Trinajstić information content (AvgIpc) is 3.22. The van der Waals surface area contributed by atoms with E-state index in [0.717, 1.165) is 12.8 Å². The number of ketones is 1. The summed E-state index contributed by atoms with van der Waals surface area (Å²) in [5.74, 6) is 0.119. The van der Waals surface area contributed by atoms with Crippen LogP contribution in [-0.4, -0.2) is 34.5 Å². The van der Waals surface area contributed by atoms with Crippen LogP contribution in [0.3, 0.4) is 0 Å². The highest BCUT2D eigenvalue weighted by Crippen LogP contribution is 2.33. The molecule has 0 unspecified atom stereocenters. The van der Waals surface area contributed by atoms with Crippen LogP contribution in [0.25, 0.3) is 0 Å². The van der Waals surface area contributed by atoms with E-state index in [1.165, 1.54) is 13.2 Å². The maximum Gasteiger partial charge on any atom is 0.240 e. The lowest BCUT2D eigenvalue weighted by Crippen LogP contribution is -2.28. The van der Waals surface area contributed by atoms with Crippen LogP contribution in [0.5, 0.6) is 0 Å². The topological polar surface area (TPSA) is 72.5 Å². The Kier molecular flexibility index (Phi) is 4.57. The minimum absolute atomic E-state index is 0.0401. The molecule has 20 heavy (non-hydrogen) atoms. The first-order valence-corrected chi connectivity index (χ1v) is 8.07. The number of nitrogens with one attached hydrogen (secondary N) is 1. The van der Waals surface area contributed by atoms with Gasteiger partial charge in [0.2, 0.25) is 10.0 Å². The molecule has 1 aromatic carbocycles. The molecule has 110 valence electrons. The summed E-state index contributed by atoms with van der Waals surface area (Å²) in [7, 11) is -2.10. The highest BCUT2D eigenvalue weighted by molar-refractivity contribution is 7.89. The minimum atomic E-state index is -3.61. The normalized spacial score (nSPS) is 15.3. The molecule has 2 rings (SSSR count). The standard InChI is InChI=1S/C14H19NO4S/c1-10-3-4-12(14(16)11-5-6-11)9-13(10)20(17,18)15-7-8-19-2/h3-4,9,11,15H,5-8H2,1-2H3. The van der Waals surface area contributed by atoms with Gasteiger partial charge in [0, 0.05) is 25.1 Å². The van der Waals surface area contributed by atoms with E-state index >= 15 is 0 Å². The first kappa shape index (κ1) is 15.2. The quantitative estimate of drug-likeness (QED) is 0.611. The predicted molar refractivity (Wildman–Crippen MR) is 75.3 cm³/mol. The van der Waals surface area contributed by atoms with Crippen LogP contribution in [0.15, 0.2) is 23.1 Å². The number of hydrogen-bond donors (Lipinski definition) is 1. The highest BCUT2D eigenvalue weighted by Gasteiger charge is 2.31. The molecule has 0 aliphatic heterocycles. The summed E-state index contributed by atoms with van der Waals surface area (Å²) in [5, 5.41) is 0. The molecule has 5 nitrogen and oxygen atoms in total. The molecule has 0 atom stereocenters. The summed E-state index contributed by atoms with van der Waals surface area (Å²) in [5.41, 5.74) is 1.10. The minimum Gasteiger partial charge on any atom is -0.383 e. The Morgan fingerprint density at radius 1 is 1.40 bits per heavy atom. The molecule has 1 aliphatic carbocycles. The number of ether oxygens (including phenoxy) is 1. The summed E-state index contributed by atoms with van der Waals surface area (Å²) < 4.78 is 31.7. The van der Waals surface area contributed by atoms with Gasteiger partial charge in [-0.25, -0.2) is 13.1 Å². The third kappa shape index (κ3) is 3.45. The average molecular weight is 297 g/mol. The number of rotatable bonds is 7. The van der Waals surface area contributed by atoms with Gasteiger partial charge in [0.05, 0.1) is 11.5 Å². The van der Waals surface area contributed by atoms with Crippen molar-refractivity contribution in [2.75, 3.05) is 20.3 Å². The zero-order valence-electron chi connectivity index (χ0n) is 11.7. The van der Waals surface area contributed by atoms with Gasteiger partial charge in [0.25, 0.3) is 0 Å². The van der Waals surface area contributed by atoms with Crippen LogP contribution in [0, 0.1) is 12.8 Å². The smallest absolute Gasteiger partial charge is 0.240 e. The van der Waals surface area contributed by atoms with E-state index < -0.39 is 10.0 Å². The number of Topliss-reactive ketones (excluding diaryl/α,β-unsaturated/α-hetero) is 1. The molecule has 1 aromatic rings. The van der Waals surface area contributed by atoms with E-state index in [4.69, 9.17) is 4.74 Å². The van der Waals surface area contributed by atoms with Gasteiger partial charge in [-0.1, -0.05) is 12.1 Å². The maximum atomic E-state index is 12.2. The van der Waals surface area contributed by atoms with Gasteiger partial charge in [-0.05, 0) is 31.4 Å². The maximum absolute atomic E-state index is 12.2. The van der Waals surface area contributed by atoms with E-state index in [1.807, 2.05) is 0 Å². The zero-order chi connectivity index (χ0) is 14.8. The predicted octanol–water partition coefficient (Wildman–Crippen LogP) is 1.51. The Balaban J connectivity index is 2.25. The van der Waals surface area contributed by atoms with E-state index in [0.29, 0.717) is 17.7 Å². The molecule has 0 bridgehead atoms. The molecule has 1 saturated carbocycles. The second kappa shape index (κ2) is 6.03. The lowest BCUT2D eigenvalue weighted by molar-refractivity contribution is 0.0967. The van der Waals surface area contributed by atoms with E-state index in [2.05, 4.69) is 4.72 Å². The number of sulfonamides is 1. The van der Waals surface area contributed by atoms with Gasteiger partial charge in [0.15, 0.2) is 5.78 Å². The molecule has 1 N–H and O–H groups in total. The summed E-state index contributed by atoms with van der Waals surface area (Å²) in [4.78, 5) is 12.2. The molecule has 1 aliphatic rings. The Bertz CT molecular complexity index is 606. The van der Waals surface area contributed by atoms with Crippen molar-refractivity contribution in [3.05, 3.63) is 29.3 Å². The fourth-order valence-electron chi connectivity index (χ4n) is 1.98. The molecule has 0 aromatic heterocycles. The van der Waals surface area contributed by atoms with Crippen molar-refractivity contribution in [2.24, 2.45) is 5.92 Å². The number of benzene rings is 1. The van der Waals surface area contributed by atoms with Gasteiger partial charge < -0.3 is 4.74 Å². The van der Waals surface area contributed by atoms with Crippen molar-refractivity contribution >= 4 is 15.8 Å². The first-order valence-electron chi connectivity index (χ1n) is 6.59. The van der Waals surface area contributed by atoms with Gasteiger partial charge in [-0.2, -0.15) is 0 Å².